The molecule has 1 N–H and O–H groups in total. The van der Waals surface area contributed by atoms with Crippen molar-refractivity contribution in [1.82, 2.24) is 4.98 Å². The molecule has 7 heteroatoms. The Morgan fingerprint density at radius 3 is 2.76 bits per heavy atom. The van der Waals surface area contributed by atoms with Gasteiger partial charge < -0.3 is 10.0 Å². The third kappa shape index (κ3) is 3.45. The lowest BCUT2D eigenvalue weighted by Crippen LogP contribution is -2.41. The summed E-state index contributed by atoms with van der Waals surface area (Å²) in [7, 11) is 0. The summed E-state index contributed by atoms with van der Waals surface area (Å²) in [5, 5.41) is 18.2. The van der Waals surface area contributed by atoms with Gasteiger partial charge in [-0.1, -0.05) is 0 Å². The molecule has 1 aliphatic rings. The molecule has 1 fully saturated rings. The summed E-state index contributed by atoms with van der Waals surface area (Å²) in [6.45, 7) is 0.510. The molecule has 0 aliphatic carbocycles. The third-order valence-corrected chi connectivity index (χ3v) is 3.65. The molecule has 1 atom stereocenters. The second kappa shape index (κ2) is 6.31. The molecule has 0 aromatic carbocycles. The molecule has 0 radical (unpaired) electrons. The SMILES string of the molecule is N#Cc1ccc(C(F)(F)F)nc1N1CCCCC1CCO. The summed E-state index contributed by atoms with van der Waals surface area (Å²) < 4.78 is 38.4. The predicted octanol–water partition coefficient (Wildman–Crippen LogP) is 2.71. The minimum Gasteiger partial charge on any atom is -0.396 e. The van der Waals surface area contributed by atoms with Crippen LogP contribution >= 0.6 is 0 Å². The molecule has 1 saturated heterocycles. The second-order valence-electron chi connectivity index (χ2n) is 5.03. The number of nitriles is 1. The first kappa shape index (κ1) is 15.6. The van der Waals surface area contributed by atoms with Crippen LogP contribution in [-0.2, 0) is 6.18 Å². The lowest BCUT2D eigenvalue weighted by molar-refractivity contribution is -0.141. The topological polar surface area (TPSA) is 60.2 Å². The van der Waals surface area contributed by atoms with Gasteiger partial charge in [0.05, 0.1) is 5.56 Å². The smallest absolute Gasteiger partial charge is 0.396 e. The largest absolute Gasteiger partial charge is 0.433 e. The average molecular weight is 299 g/mol. The van der Waals surface area contributed by atoms with E-state index >= 15 is 0 Å². The predicted molar refractivity (Wildman–Crippen MR) is 70.6 cm³/mol. The van der Waals surface area contributed by atoms with Crippen molar-refractivity contribution in [3.63, 3.8) is 0 Å². The molecule has 0 spiro atoms. The van der Waals surface area contributed by atoms with Crippen LogP contribution in [0.5, 0.6) is 0 Å². The molecule has 0 amide bonds. The van der Waals surface area contributed by atoms with Crippen molar-refractivity contribution < 1.29 is 18.3 Å². The van der Waals surface area contributed by atoms with E-state index in [1.165, 1.54) is 0 Å². The maximum Gasteiger partial charge on any atom is 0.433 e. The van der Waals surface area contributed by atoms with Crippen LogP contribution in [0.4, 0.5) is 19.0 Å². The fraction of sp³-hybridized carbons (Fsp3) is 0.571. The second-order valence-corrected chi connectivity index (χ2v) is 5.03. The van der Waals surface area contributed by atoms with Gasteiger partial charge in [0.2, 0.25) is 0 Å². The highest BCUT2D eigenvalue weighted by Gasteiger charge is 2.34. The van der Waals surface area contributed by atoms with E-state index < -0.39 is 11.9 Å². The zero-order chi connectivity index (χ0) is 15.5. The number of rotatable bonds is 3. The number of aromatic nitrogens is 1. The minimum atomic E-state index is -4.54. The van der Waals surface area contributed by atoms with Crippen LogP contribution in [0.25, 0.3) is 0 Å². The van der Waals surface area contributed by atoms with Crippen LogP contribution in [0.15, 0.2) is 12.1 Å². The van der Waals surface area contributed by atoms with E-state index in [1.807, 2.05) is 6.07 Å². The van der Waals surface area contributed by atoms with Gasteiger partial charge in [-0.25, -0.2) is 4.98 Å². The van der Waals surface area contributed by atoms with Crippen molar-refractivity contribution in [3.8, 4) is 6.07 Å². The van der Waals surface area contributed by atoms with Gasteiger partial charge in [-0.3, -0.25) is 0 Å². The van der Waals surface area contributed by atoms with E-state index in [1.54, 1.807) is 4.90 Å². The number of aliphatic hydroxyl groups excluding tert-OH is 1. The monoisotopic (exact) mass is 299 g/mol. The Balaban J connectivity index is 2.42. The molecule has 21 heavy (non-hydrogen) atoms. The van der Waals surface area contributed by atoms with E-state index in [0.29, 0.717) is 13.0 Å². The number of anilines is 1. The van der Waals surface area contributed by atoms with E-state index in [-0.39, 0.29) is 24.0 Å². The summed E-state index contributed by atoms with van der Waals surface area (Å²) >= 11 is 0. The van der Waals surface area contributed by atoms with Crippen LogP contribution in [-0.4, -0.2) is 29.3 Å². The van der Waals surface area contributed by atoms with E-state index in [4.69, 9.17) is 10.4 Å². The number of alkyl halides is 3. The van der Waals surface area contributed by atoms with Crippen LogP contribution in [0.2, 0.25) is 0 Å². The number of pyridine rings is 1. The van der Waals surface area contributed by atoms with E-state index in [0.717, 1.165) is 31.4 Å². The van der Waals surface area contributed by atoms with Crippen LogP contribution in [0.1, 0.15) is 36.9 Å². The highest BCUT2D eigenvalue weighted by Crippen LogP contribution is 2.33. The summed E-state index contributed by atoms with van der Waals surface area (Å²) in [6, 6.07) is 3.81. The zero-order valence-corrected chi connectivity index (χ0v) is 11.4. The Hall–Kier alpha value is -1.81. The summed E-state index contributed by atoms with van der Waals surface area (Å²) in [4.78, 5) is 5.40. The van der Waals surface area contributed by atoms with Crippen molar-refractivity contribution in [1.29, 1.82) is 5.26 Å². The highest BCUT2D eigenvalue weighted by atomic mass is 19.4. The Labute approximate surface area is 120 Å². The molecule has 0 bridgehead atoms. The number of hydrogen-bond acceptors (Lipinski definition) is 4. The minimum absolute atomic E-state index is 0.0397. The van der Waals surface area contributed by atoms with Gasteiger partial charge in [0.25, 0.3) is 0 Å². The number of hydrogen-bond donors (Lipinski definition) is 1. The van der Waals surface area contributed by atoms with Gasteiger partial charge >= 0.3 is 6.18 Å². The van der Waals surface area contributed by atoms with Gasteiger partial charge in [-0.05, 0) is 37.8 Å². The van der Waals surface area contributed by atoms with Crippen molar-refractivity contribution in [2.45, 2.75) is 37.9 Å². The molecule has 1 aliphatic heterocycles. The zero-order valence-electron chi connectivity index (χ0n) is 11.4. The maximum atomic E-state index is 12.8. The van der Waals surface area contributed by atoms with Gasteiger partial charge in [-0.2, -0.15) is 18.4 Å². The first-order chi connectivity index (χ1) is 9.97. The van der Waals surface area contributed by atoms with Gasteiger partial charge in [0.1, 0.15) is 17.6 Å². The Morgan fingerprint density at radius 1 is 1.38 bits per heavy atom. The van der Waals surface area contributed by atoms with Crippen molar-refractivity contribution in [2.75, 3.05) is 18.1 Å². The summed E-state index contributed by atoms with van der Waals surface area (Å²) in [5.74, 6) is 0.0745. The lowest BCUT2D eigenvalue weighted by Gasteiger charge is -2.37. The number of piperidine rings is 1. The normalized spacial score (nSPS) is 19.4. The summed E-state index contributed by atoms with van der Waals surface area (Å²) in [6.07, 6.45) is -1.50. The molecule has 114 valence electrons. The standard InChI is InChI=1S/C14H16F3N3O/c15-14(16,17)12-5-4-10(9-18)13(19-12)20-7-2-1-3-11(20)6-8-21/h4-5,11,21H,1-3,6-8H2. The Morgan fingerprint density at radius 2 is 2.14 bits per heavy atom. The van der Waals surface area contributed by atoms with E-state index in [2.05, 4.69) is 4.98 Å². The van der Waals surface area contributed by atoms with Crippen molar-refractivity contribution in [2.24, 2.45) is 0 Å². The van der Waals surface area contributed by atoms with Gasteiger partial charge in [-0.15, -0.1) is 0 Å². The highest BCUT2D eigenvalue weighted by molar-refractivity contribution is 5.55. The fourth-order valence-electron chi connectivity index (χ4n) is 2.64. The summed E-state index contributed by atoms with van der Waals surface area (Å²) in [5.41, 5.74) is -0.863. The molecule has 1 aromatic heterocycles. The number of halogens is 3. The van der Waals surface area contributed by atoms with Crippen molar-refractivity contribution >= 4 is 5.82 Å². The van der Waals surface area contributed by atoms with Gasteiger partial charge in [0.15, 0.2) is 0 Å². The van der Waals surface area contributed by atoms with Crippen LogP contribution in [0, 0.1) is 11.3 Å². The molecule has 1 unspecified atom stereocenters. The quantitative estimate of drug-likeness (QED) is 0.932. The fourth-order valence-corrected chi connectivity index (χ4v) is 2.64. The molecular weight excluding hydrogens is 283 g/mol. The Kier molecular flexibility index (Phi) is 4.68. The lowest BCUT2D eigenvalue weighted by atomic mass is 9.99. The number of aliphatic hydroxyl groups is 1. The molecule has 1 aromatic rings. The first-order valence-electron chi connectivity index (χ1n) is 6.83. The maximum absolute atomic E-state index is 12.8. The average Bonchev–Trinajstić information content (AvgIpc) is 2.46. The molecular formula is C14H16F3N3O. The molecule has 2 heterocycles. The molecule has 4 nitrogen and oxygen atoms in total. The van der Waals surface area contributed by atoms with Crippen molar-refractivity contribution in [3.05, 3.63) is 23.4 Å². The molecule has 2 rings (SSSR count). The number of nitrogens with zero attached hydrogens (tertiary/aromatic N) is 3. The van der Waals surface area contributed by atoms with Crippen LogP contribution < -0.4 is 4.90 Å². The third-order valence-electron chi connectivity index (χ3n) is 3.65. The first-order valence-corrected chi connectivity index (χ1v) is 6.83. The molecule has 0 saturated carbocycles. The Bertz CT molecular complexity index is 537. The van der Waals surface area contributed by atoms with E-state index in [9.17, 15) is 13.2 Å². The van der Waals surface area contributed by atoms with Crippen LogP contribution in [0.3, 0.4) is 0 Å². The van der Waals surface area contributed by atoms with Gasteiger partial charge in [0, 0.05) is 19.2 Å².